The lowest BCUT2D eigenvalue weighted by Gasteiger charge is -2.20. The Morgan fingerprint density at radius 1 is 1.30 bits per heavy atom. The highest BCUT2D eigenvalue weighted by Crippen LogP contribution is 2.16. The van der Waals surface area contributed by atoms with E-state index in [-0.39, 0.29) is 5.54 Å². The van der Waals surface area contributed by atoms with Gasteiger partial charge in [0.2, 0.25) is 0 Å². The Balaban J connectivity index is 2.11. The number of nitriles is 1. The van der Waals surface area contributed by atoms with E-state index in [1.165, 1.54) is 0 Å². The van der Waals surface area contributed by atoms with Crippen LogP contribution >= 0.6 is 0 Å². The van der Waals surface area contributed by atoms with Gasteiger partial charge in [-0.25, -0.2) is 4.98 Å². The number of hydrogen-bond donors (Lipinski definition) is 1. The van der Waals surface area contributed by atoms with E-state index in [1.54, 1.807) is 0 Å². The van der Waals surface area contributed by atoms with Gasteiger partial charge in [0.25, 0.3) is 0 Å². The topological polar surface area (TPSA) is 53.6 Å². The third-order valence-corrected chi connectivity index (χ3v) is 3.18. The fourth-order valence-electron chi connectivity index (χ4n) is 2.28. The number of benzene rings is 1. The quantitative estimate of drug-likeness (QED) is 0.850. The Bertz CT molecular complexity index is 613. The number of imidazole rings is 1. The maximum Gasteiger partial charge on any atom is 0.124 e. The van der Waals surface area contributed by atoms with Crippen molar-refractivity contribution in [3.8, 4) is 6.07 Å². The van der Waals surface area contributed by atoms with Gasteiger partial charge in [-0.1, -0.05) is 12.1 Å². The molecule has 0 unspecified atom stereocenters. The molecule has 4 heteroatoms. The minimum atomic E-state index is 0.145. The first-order valence-electron chi connectivity index (χ1n) is 7.07. The monoisotopic (exact) mass is 270 g/mol. The third kappa shape index (κ3) is 3.58. The minimum absolute atomic E-state index is 0.145. The predicted octanol–water partition coefficient (Wildman–Crippen LogP) is 2.88. The maximum atomic E-state index is 8.93. The van der Waals surface area contributed by atoms with E-state index in [0.717, 1.165) is 36.4 Å². The van der Waals surface area contributed by atoms with Crippen LogP contribution in [0, 0.1) is 11.3 Å². The summed E-state index contributed by atoms with van der Waals surface area (Å²) >= 11 is 0. The van der Waals surface area contributed by atoms with Crippen molar-refractivity contribution >= 4 is 11.0 Å². The van der Waals surface area contributed by atoms with Crippen molar-refractivity contribution in [2.45, 2.75) is 45.7 Å². The van der Waals surface area contributed by atoms with Crippen LogP contribution in [0.3, 0.4) is 0 Å². The number of aromatic nitrogens is 2. The van der Waals surface area contributed by atoms with Crippen LogP contribution in [-0.2, 0) is 13.0 Å². The van der Waals surface area contributed by atoms with Crippen LogP contribution in [0.1, 0.15) is 33.0 Å². The molecule has 0 saturated heterocycles. The molecule has 0 amide bonds. The van der Waals surface area contributed by atoms with Gasteiger partial charge < -0.3 is 9.88 Å². The molecule has 1 aromatic heterocycles. The molecule has 1 heterocycles. The van der Waals surface area contributed by atoms with E-state index in [1.807, 2.05) is 18.2 Å². The zero-order chi connectivity index (χ0) is 14.6. The third-order valence-electron chi connectivity index (χ3n) is 3.18. The van der Waals surface area contributed by atoms with Crippen LogP contribution in [0.4, 0.5) is 0 Å². The van der Waals surface area contributed by atoms with Gasteiger partial charge in [-0.3, -0.25) is 0 Å². The van der Waals surface area contributed by atoms with E-state index < -0.39 is 0 Å². The summed E-state index contributed by atoms with van der Waals surface area (Å²) in [6, 6.07) is 10.3. The SMILES string of the molecule is CC(C)(C)NCCCn1c(CC#N)nc2ccccc21. The fraction of sp³-hybridized carbons (Fsp3) is 0.500. The van der Waals surface area contributed by atoms with Crippen LogP contribution in [0.15, 0.2) is 24.3 Å². The largest absolute Gasteiger partial charge is 0.327 e. The zero-order valence-electron chi connectivity index (χ0n) is 12.5. The summed E-state index contributed by atoms with van der Waals surface area (Å²) in [5, 5.41) is 12.4. The van der Waals surface area contributed by atoms with Crippen molar-refractivity contribution in [1.82, 2.24) is 14.9 Å². The van der Waals surface area contributed by atoms with Crippen LogP contribution in [0.25, 0.3) is 11.0 Å². The lowest BCUT2D eigenvalue weighted by Crippen LogP contribution is -2.36. The molecule has 0 bridgehead atoms. The highest BCUT2D eigenvalue weighted by Gasteiger charge is 2.11. The van der Waals surface area contributed by atoms with E-state index in [9.17, 15) is 0 Å². The molecule has 0 aliphatic carbocycles. The van der Waals surface area contributed by atoms with E-state index in [0.29, 0.717) is 6.42 Å². The van der Waals surface area contributed by atoms with Gasteiger partial charge in [-0.05, 0) is 45.9 Å². The summed E-state index contributed by atoms with van der Waals surface area (Å²) in [7, 11) is 0. The summed E-state index contributed by atoms with van der Waals surface area (Å²) in [5.41, 5.74) is 2.24. The van der Waals surface area contributed by atoms with Crippen molar-refractivity contribution in [3.05, 3.63) is 30.1 Å². The van der Waals surface area contributed by atoms with Gasteiger partial charge in [0, 0.05) is 12.1 Å². The Labute approximate surface area is 120 Å². The van der Waals surface area contributed by atoms with Crippen molar-refractivity contribution in [3.63, 3.8) is 0 Å². The number of fused-ring (bicyclic) bond motifs is 1. The molecule has 1 N–H and O–H groups in total. The van der Waals surface area contributed by atoms with E-state index in [4.69, 9.17) is 5.26 Å². The van der Waals surface area contributed by atoms with Gasteiger partial charge in [-0.15, -0.1) is 0 Å². The average molecular weight is 270 g/mol. The lowest BCUT2D eigenvalue weighted by atomic mass is 10.1. The van der Waals surface area contributed by atoms with E-state index in [2.05, 4.69) is 47.8 Å². The van der Waals surface area contributed by atoms with Gasteiger partial charge in [0.1, 0.15) is 5.82 Å². The Morgan fingerprint density at radius 3 is 2.75 bits per heavy atom. The molecular weight excluding hydrogens is 248 g/mol. The Kier molecular flexibility index (Phi) is 4.41. The molecule has 20 heavy (non-hydrogen) atoms. The molecule has 0 atom stereocenters. The first kappa shape index (κ1) is 14.5. The number of nitrogens with one attached hydrogen (secondary N) is 1. The zero-order valence-corrected chi connectivity index (χ0v) is 12.5. The summed E-state index contributed by atoms with van der Waals surface area (Å²) in [4.78, 5) is 4.55. The van der Waals surface area contributed by atoms with Crippen molar-refractivity contribution in [2.75, 3.05) is 6.54 Å². The highest BCUT2D eigenvalue weighted by molar-refractivity contribution is 5.75. The van der Waals surface area contributed by atoms with Crippen LogP contribution in [0.5, 0.6) is 0 Å². The van der Waals surface area contributed by atoms with E-state index >= 15 is 0 Å². The second-order valence-electron chi connectivity index (χ2n) is 6.03. The molecule has 0 spiro atoms. The fourth-order valence-corrected chi connectivity index (χ4v) is 2.28. The number of nitrogens with zero attached hydrogens (tertiary/aromatic N) is 3. The molecule has 0 radical (unpaired) electrons. The van der Waals surface area contributed by atoms with Gasteiger partial charge in [-0.2, -0.15) is 5.26 Å². The number of para-hydroxylation sites is 2. The summed E-state index contributed by atoms with van der Waals surface area (Å²) in [6.07, 6.45) is 1.39. The normalized spacial score (nSPS) is 11.7. The second kappa shape index (κ2) is 6.06. The summed E-state index contributed by atoms with van der Waals surface area (Å²) in [6.45, 7) is 8.35. The second-order valence-corrected chi connectivity index (χ2v) is 6.03. The molecule has 0 aliphatic rings. The minimum Gasteiger partial charge on any atom is -0.327 e. The molecule has 4 nitrogen and oxygen atoms in total. The smallest absolute Gasteiger partial charge is 0.124 e. The van der Waals surface area contributed by atoms with Gasteiger partial charge >= 0.3 is 0 Å². The summed E-state index contributed by atoms with van der Waals surface area (Å²) < 4.78 is 2.17. The maximum absolute atomic E-state index is 8.93. The average Bonchev–Trinajstić information content (AvgIpc) is 2.72. The van der Waals surface area contributed by atoms with Crippen LogP contribution in [0.2, 0.25) is 0 Å². The van der Waals surface area contributed by atoms with Gasteiger partial charge in [0.15, 0.2) is 0 Å². The first-order chi connectivity index (χ1) is 9.51. The standard InChI is InChI=1S/C16H22N4/c1-16(2,3)18-11-6-12-20-14-8-5-4-7-13(14)19-15(20)9-10-17/h4-5,7-8,18H,6,9,11-12H2,1-3H3. The predicted molar refractivity (Wildman–Crippen MR) is 81.4 cm³/mol. The molecule has 2 aromatic rings. The molecular formula is C16H22N4. The lowest BCUT2D eigenvalue weighted by molar-refractivity contribution is 0.413. The van der Waals surface area contributed by atoms with Crippen molar-refractivity contribution in [1.29, 1.82) is 5.26 Å². The Hall–Kier alpha value is -1.86. The molecule has 0 fully saturated rings. The molecule has 0 aliphatic heterocycles. The summed E-state index contributed by atoms with van der Waals surface area (Å²) in [5.74, 6) is 0.865. The molecule has 106 valence electrons. The Morgan fingerprint density at radius 2 is 2.05 bits per heavy atom. The highest BCUT2D eigenvalue weighted by atomic mass is 15.1. The molecule has 0 saturated carbocycles. The number of hydrogen-bond acceptors (Lipinski definition) is 3. The van der Waals surface area contributed by atoms with Crippen molar-refractivity contribution < 1.29 is 0 Å². The van der Waals surface area contributed by atoms with Crippen molar-refractivity contribution in [2.24, 2.45) is 0 Å². The van der Waals surface area contributed by atoms with Crippen LogP contribution < -0.4 is 5.32 Å². The number of aryl methyl sites for hydroxylation is 1. The van der Waals surface area contributed by atoms with Gasteiger partial charge in [0.05, 0.1) is 23.5 Å². The number of rotatable bonds is 5. The molecule has 2 rings (SSSR count). The molecule has 1 aromatic carbocycles. The van der Waals surface area contributed by atoms with Crippen LogP contribution in [-0.4, -0.2) is 21.6 Å². The first-order valence-corrected chi connectivity index (χ1v) is 7.07.